The zero-order chi connectivity index (χ0) is 11.6. The second kappa shape index (κ2) is 4.24. The second-order valence-electron chi connectivity index (χ2n) is 2.79. The molecule has 0 saturated heterocycles. The van der Waals surface area contributed by atoms with Gasteiger partial charge in [0.15, 0.2) is 0 Å². The Bertz CT molecular complexity index is 454. The Morgan fingerprint density at radius 1 is 1.80 bits per heavy atom. The molecule has 0 aliphatic heterocycles. The molecule has 1 N–H and O–H groups in total. The van der Waals surface area contributed by atoms with Gasteiger partial charge >= 0.3 is 5.97 Å². The van der Waals surface area contributed by atoms with Crippen molar-refractivity contribution in [2.45, 2.75) is 13.1 Å². The lowest BCUT2D eigenvalue weighted by Gasteiger charge is -2.07. The zero-order valence-corrected chi connectivity index (χ0v) is 8.42. The van der Waals surface area contributed by atoms with Crippen molar-refractivity contribution in [2.75, 3.05) is 0 Å². The minimum atomic E-state index is -1.55. The molecule has 1 atom stereocenters. The molecule has 1 heterocycles. The lowest BCUT2D eigenvalue weighted by atomic mass is 10.1. The summed E-state index contributed by atoms with van der Waals surface area (Å²) in [7, 11) is 0. The number of carboxylic acids is 1. The maximum Gasteiger partial charge on any atom is 0.337 e. The molecule has 0 aromatic carbocycles. The van der Waals surface area contributed by atoms with Gasteiger partial charge in [0.2, 0.25) is 0 Å². The second-order valence-corrected chi connectivity index (χ2v) is 3.15. The Balaban J connectivity index is 3.47. The van der Waals surface area contributed by atoms with Crippen LogP contribution in [0, 0.1) is 11.3 Å². The van der Waals surface area contributed by atoms with Gasteiger partial charge in [-0.3, -0.25) is 0 Å². The standard InChI is InChI=1S/C9H6ClFN2O2/c1-4(11)7-6(9(14)15)2-5(3-12)8(10)13-7/h2,4H,1H3,(H,14,15). The summed E-state index contributed by atoms with van der Waals surface area (Å²) < 4.78 is 13.0. The SMILES string of the molecule is CC(F)c1nc(Cl)c(C#N)cc1C(=O)O. The van der Waals surface area contributed by atoms with Crippen molar-refractivity contribution >= 4 is 17.6 Å². The van der Waals surface area contributed by atoms with Crippen molar-refractivity contribution in [2.24, 2.45) is 0 Å². The van der Waals surface area contributed by atoms with Gasteiger partial charge in [-0.1, -0.05) is 11.6 Å². The topological polar surface area (TPSA) is 74.0 Å². The van der Waals surface area contributed by atoms with Crippen molar-refractivity contribution < 1.29 is 14.3 Å². The highest BCUT2D eigenvalue weighted by Crippen LogP contribution is 2.24. The van der Waals surface area contributed by atoms with Crippen molar-refractivity contribution in [3.63, 3.8) is 0 Å². The monoisotopic (exact) mass is 228 g/mol. The molecule has 6 heteroatoms. The van der Waals surface area contributed by atoms with Crippen LogP contribution in [0.2, 0.25) is 5.15 Å². The summed E-state index contributed by atoms with van der Waals surface area (Å²) in [5.41, 5.74) is -0.698. The van der Waals surface area contributed by atoms with E-state index in [1.807, 2.05) is 0 Å². The van der Waals surface area contributed by atoms with Gasteiger partial charge in [0, 0.05) is 0 Å². The van der Waals surface area contributed by atoms with Crippen LogP contribution in [-0.2, 0) is 0 Å². The molecular formula is C9H6ClFN2O2. The maximum absolute atomic E-state index is 13.0. The van der Waals surface area contributed by atoms with Gasteiger partial charge in [-0.05, 0) is 13.0 Å². The van der Waals surface area contributed by atoms with Gasteiger partial charge in [0.05, 0.1) is 16.8 Å². The smallest absolute Gasteiger partial charge is 0.337 e. The maximum atomic E-state index is 13.0. The molecule has 1 aromatic heterocycles. The Morgan fingerprint density at radius 2 is 2.40 bits per heavy atom. The number of aromatic nitrogens is 1. The van der Waals surface area contributed by atoms with Crippen molar-refractivity contribution in [1.82, 2.24) is 4.98 Å². The number of hydrogen-bond donors (Lipinski definition) is 1. The summed E-state index contributed by atoms with van der Waals surface area (Å²) in [4.78, 5) is 14.3. The highest BCUT2D eigenvalue weighted by Gasteiger charge is 2.19. The van der Waals surface area contributed by atoms with Crippen LogP contribution in [0.25, 0.3) is 0 Å². The van der Waals surface area contributed by atoms with Crippen molar-refractivity contribution in [3.8, 4) is 6.07 Å². The number of nitrogens with zero attached hydrogens (tertiary/aromatic N) is 2. The van der Waals surface area contributed by atoms with E-state index >= 15 is 0 Å². The molecule has 78 valence electrons. The number of alkyl halides is 1. The quantitative estimate of drug-likeness (QED) is 0.789. The Labute approximate surface area is 89.9 Å². The fraction of sp³-hybridized carbons (Fsp3) is 0.222. The highest BCUT2D eigenvalue weighted by atomic mass is 35.5. The Kier molecular flexibility index (Phi) is 3.22. The van der Waals surface area contributed by atoms with E-state index in [9.17, 15) is 9.18 Å². The number of hydrogen-bond acceptors (Lipinski definition) is 3. The van der Waals surface area contributed by atoms with Crippen molar-refractivity contribution in [3.05, 3.63) is 28.0 Å². The van der Waals surface area contributed by atoms with Crippen LogP contribution < -0.4 is 0 Å². The van der Waals surface area contributed by atoms with Gasteiger partial charge in [-0.25, -0.2) is 14.2 Å². The first-order chi connectivity index (χ1) is 6.97. The number of aromatic carboxylic acids is 1. The van der Waals surface area contributed by atoms with Gasteiger partial charge in [0.1, 0.15) is 17.4 Å². The first-order valence-electron chi connectivity index (χ1n) is 3.95. The number of carboxylic acid groups (broad SMARTS) is 1. The van der Waals surface area contributed by atoms with Gasteiger partial charge in [0.25, 0.3) is 0 Å². The average molecular weight is 229 g/mol. The minimum absolute atomic E-state index is 0.0848. The lowest BCUT2D eigenvalue weighted by molar-refractivity contribution is 0.0692. The van der Waals surface area contributed by atoms with E-state index in [1.54, 1.807) is 6.07 Å². The summed E-state index contributed by atoms with van der Waals surface area (Å²) in [6, 6.07) is 2.69. The van der Waals surface area contributed by atoms with Gasteiger partial charge in [-0.15, -0.1) is 0 Å². The Morgan fingerprint density at radius 3 is 2.80 bits per heavy atom. The Hall–Kier alpha value is -1.67. The van der Waals surface area contributed by atoms with E-state index in [2.05, 4.69) is 4.98 Å². The molecule has 0 bridgehead atoms. The van der Waals surface area contributed by atoms with E-state index < -0.39 is 12.1 Å². The third-order valence-corrected chi connectivity index (χ3v) is 2.02. The molecule has 1 unspecified atom stereocenters. The van der Waals surface area contributed by atoms with Crippen LogP contribution in [0.3, 0.4) is 0 Å². The van der Waals surface area contributed by atoms with Crippen LogP contribution in [0.4, 0.5) is 4.39 Å². The number of halogens is 2. The fourth-order valence-corrected chi connectivity index (χ4v) is 1.24. The van der Waals surface area contributed by atoms with Crippen LogP contribution in [-0.4, -0.2) is 16.1 Å². The van der Waals surface area contributed by atoms with Gasteiger partial charge in [-0.2, -0.15) is 5.26 Å². The zero-order valence-electron chi connectivity index (χ0n) is 7.66. The predicted molar refractivity (Wildman–Crippen MR) is 50.4 cm³/mol. The number of pyridine rings is 1. The molecule has 0 aliphatic rings. The molecule has 0 amide bonds. The van der Waals surface area contributed by atoms with Crippen LogP contribution in [0.5, 0.6) is 0 Å². The van der Waals surface area contributed by atoms with Crippen LogP contribution in [0.1, 0.15) is 34.7 Å². The molecule has 0 saturated carbocycles. The number of carbonyl (C=O) groups is 1. The molecule has 0 aliphatic carbocycles. The van der Waals surface area contributed by atoms with E-state index in [0.717, 1.165) is 13.0 Å². The summed E-state index contributed by atoms with van der Waals surface area (Å²) >= 11 is 5.56. The lowest BCUT2D eigenvalue weighted by Crippen LogP contribution is -2.07. The molecule has 0 fully saturated rings. The molecule has 1 rings (SSSR count). The third-order valence-electron chi connectivity index (χ3n) is 1.73. The van der Waals surface area contributed by atoms with E-state index in [4.69, 9.17) is 22.0 Å². The highest BCUT2D eigenvalue weighted by molar-refractivity contribution is 6.30. The first kappa shape index (κ1) is 11.4. The third kappa shape index (κ3) is 2.22. The van der Waals surface area contributed by atoms with Crippen LogP contribution in [0.15, 0.2) is 6.07 Å². The summed E-state index contributed by atoms with van der Waals surface area (Å²) in [6.07, 6.45) is -1.55. The van der Waals surface area contributed by atoms with E-state index in [1.165, 1.54) is 0 Å². The average Bonchev–Trinajstić information content (AvgIpc) is 2.16. The number of nitriles is 1. The minimum Gasteiger partial charge on any atom is -0.478 e. The van der Waals surface area contributed by atoms with E-state index in [-0.39, 0.29) is 22.0 Å². The first-order valence-corrected chi connectivity index (χ1v) is 4.33. The summed E-state index contributed by atoms with van der Waals surface area (Å²) in [5, 5.41) is 17.2. The van der Waals surface area contributed by atoms with Crippen LogP contribution >= 0.6 is 11.6 Å². The molecular weight excluding hydrogens is 223 g/mol. The molecule has 0 radical (unpaired) electrons. The molecule has 0 spiro atoms. The predicted octanol–water partition coefficient (Wildman–Crippen LogP) is 2.34. The molecule has 4 nitrogen and oxygen atoms in total. The fourth-order valence-electron chi connectivity index (χ4n) is 1.06. The molecule has 1 aromatic rings. The number of rotatable bonds is 2. The van der Waals surface area contributed by atoms with E-state index in [0.29, 0.717) is 0 Å². The normalized spacial score (nSPS) is 11.9. The molecule has 15 heavy (non-hydrogen) atoms. The largest absolute Gasteiger partial charge is 0.478 e. The summed E-state index contributed by atoms with van der Waals surface area (Å²) in [6.45, 7) is 1.15. The summed E-state index contributed by atoms with van der Waals surface area (Å²) in [5.74, 6) is -1.34. The van der Waals surface area contributed by atoms with Gasteiger partial charge < -0.3 is 5.11 Å². The van der Waals surface area contributed by atoms with Crippen molar-refractivity contribution in [1.29, 1.82) is 5.26 Å².